The Labute approximate surface area is 124 Å². The molecule has 0 saturated carbocycles. The van der Waals surface area contributed by atoms with E-state index in [-0.39, 0.29) is 11.2 Å². The van der Waals surface area contributed by atoms with Crippen LogP contribution in [0.5, 0.6) is 0 Å². The molecule has 0 bridgehead atoms. The zero-order valence-electron chi connectivity index (χ0n) is 12.1. The molecule has 6 heteroatoms. The molecular formula is C14H24N2O3S. The lowest BCUT2D eigenvalue weighted by Crippen LogP contribution is -2.46. The topological polar surface area (TPSA) is 42.0 Å². The van der Waals surface area contributed by atoms with Crippen LogP contribution in [0.1, 0.15) is 32.6 Å². The molecule has 3 heterocycles. The van der Waals surface area contributed by atoms with Gasteiger partial charge in [-0.05, 0) is 32.9 Å². The molecule has 3 atom stereocenters. The summed E-state index contributed by atoms with van der Waals surface area (Å²) >= 11 is 1.74. The second-order valence-electron chi connectivity index (χ2n) is 6.13. The molecule has 5 nitrogen and oxygen atoms in total. The van der Waals surface area contributed by atoms with Crippen LogP contribution in [-0.4, -0.2) is 65.6 Å². The molecule has 3 aliphatic rings. The summed E-state index contributed by atoms with van der Waals surface area (Å²) in [5, 5.41) is 0.338. The highest BCUT2D eigenvalue weighted by Crippen LogP contribution is 2.45. The molecule has 0 spiro atoms. The Balaban J connectivity index is 1.60. The van der Waals surface area contributed by atoms with Crippen molar-refractivity contribution in [2.24, 2.45) is 0 Å². The summed E-state index contributed by atoms with van der Waals surface area (Å²) in [6, 6.07) is 0. The number of hydrogen-bond acceptors (Lipinski definition) is 5. The number of fused-ring (bicyclic) bond motifs is 1. The first kappa shape index (κ1) is 14.6. The van der Waals surface area contributed by atoms with Crippen LogP contribution in [0, 0.1) is 0 Å². The van der Waals surface area contributed by atoms with E-state index < -0.39 is 0 Å². The molecule has 0 aromatic rings. The second-order valence-corrected chi connectivity index (χ2v) is 7.37. The number of nitrogens with zero attached hydrogens (tertiary/aromatic N) is 2. The zero-order chi connectivity index (χ0) is 14.0. The molecule has 3 fully saturated rings. The number of rotatable bonds is 4. The number of hydrogen-bond donors (Lipinski definition) is 0. The van der Waals surface area contributed by atoms with Crippen molar-refractivity contribution in [3.63, 3.8) is 0 Å². The van der Waals surface area contributed by atoms with Crippen LogP contribution >= 0.6 is 11.8 Å². The average molecular weight is 300 g/mol. The van der Waals surface area contributed by atoms with Gasteiger partial charge in [0.15, 0.2) is 5.56 Å². The molecule has 0 aromatic carbocycles. The molecular weight excluding hydrogens is 276 g/mol. The van der Waals surface area contributed by atoms with Gasteiger partial charge in [-0.2, -0.15) is 0 Å². The number of ether oxygens (including phenoxy) is 2. The van der Waals surface area contributed by atoms with E-state index in [4.69, 9.17) is 9.47 Å². The van der Waals surface area contributed by atoms with Crippen molar-refractivity contribution in [1.29, 1.82) is 0 Å². The minimum absolute atomic E-state index is 0.142. The van der Waals surface area contributed by atoms with Gasteiger partial charge in [0.1, 0.15) is 0 Å². The maximum Gasteiger partial charge on any atom is 0.213 e. The molecule has 0 radical (unpaired) electrons. The normalized spacial score (nSPS) is 38.5. The van der Waals surface area contributed by atoms with Crippen molar-refractivity contribution >= 4 is 18.2 Å². The lowest BCUT2D eigenvalue weighted by atomic mass is 9.96. The average Bonchev–Trinajstić information content (AvgIpc) is 2.83. The van der Waals surface area contributed by atoms with E-state index >= 15 is 0 Å². The first-order valence-corrected chi connectivity index (χ1v) is 8.50. The van der Waals surface area contributed by atoms with Crippen LogP contribution < -0.4 is 0 Å². The number of carbonyl (C=O) groups excluding carboxylic acids is 1. The quantitative estimate of drug-likeness (QED) is 0.736. The molecule has 1 amide bonds. The molecule has 0 aromatic heterocycles. The van der Waals surface area contributed by atoms with E-state index in [9.17, 15) is 4.79 Å². The SMILES string of the molecule is C[C@@]12CCOC[C@H]1S[C@H](N(C=O)CN1CCCCC1)O2. The Morgan fingerprint density at radius 1 is 1.40 bits per heavy atom. The number of amides is 1. The minimum Gasteiger partial charge on any atom is -0.380 e. The summed E-state index contributed by atoms with van der Waals surface area (Å²) in [5.74, 6) is 0. The standard InChI is InChI=1S/C14H24N2O3S/c1-14-5-8-18-9-12(14)20-13(19-14)16(11-17)10-15-6-3-2-4-7-15/h11-13H,2-10H2,1H3/t12-,13-,14-/m1/s1. The molecule has 0 unspecified atom stereocenters. The lowest BCUT2D eigenvalue weighted by molar-refractivity contribution is -0.147. The molecule has 3 rings (SSSR count). The molecule has 0 aliphatic carbocycles. The van der Waals surface area contributed by atoms with Gasteiger partial charge in [-0.25, -0.2) is 0 Å². The van der Waals surface area contributed by atoms with Crippen molar-refractivity contribution in [3.8, 4) is 0 Å². The maximum atomic E-state index is 11.5. The van der Waals surface area contributed by atoms with Crippen LogP contribution in [0.25, 0.3) is 0 Å². The number of carbonyl (C=O) groups is 1. The Morgan fingerprint density at radius 3 is 2.90 bits per heavy atom. The molecule has 3 aliphatic heterocycles. The predicted molar refractivity (Wildman–Crippen MR) is 78.3 cm³/mol. The van der Waals surface area contributed by atoms with Gasteiger partial charge in [0.25, 0.3) is 0 Å². The molecule has 114 valence electrons. The minimum atomic E-state index is -0.161. The fourth-order valence-electron chi connectivity index (χ4n) is 3.15. The summed E-state index contributed by atoms with van der Waals surface area (Å²) in [6.07, 6.45) is 5.63. The van der Waals surface area contributed by atoms with Crippen LogP contribution in [0.2, 0.25) is 0 Å². The van der Waals surface area contributed by atoms with Crippen molar-refractivity contribution < 1.29 is 14.3 Å². The maximum absolute atomic E-state index is 11.5. The van der Waals surface area contributed by atoms with Crippen LogP contribution in [-0.2, 0) is 14.3 Å². The summed E-state index contributed by atoms with van der Waals surface area (Å²) < 4.78 is 11.7. The van der Waals surface area contributed by atoms with Crippen molar-refractivity contribution in [1.82, 2.24) is 9.80 Å². The van der Waals surface area contributed by atoms with Crippen molar-refractivity contribution in [2.75, 3.05) is 33.0 Å². The van der Waals surface area contributed by atoms with Gasteiger partial charge in [-0.1, -0.05) is 18.2 Å². The van der Waals surface area contributed by atoms with Crippen LogP contribution in [0.3, 0.4) is 0 Å². The van der Waals surface area contributed by atoms with Crippen LogP contribution in [0.15, 0.2) is 0 Å². The van der Waals surface area contributed by atoms with Gasteiger partial charge < -0.3 is 9.47 Å². The smallest absolute Gasteiger partial charge is 0.213 e. The first-order chi connectivity index (χ1) is 9.71. The van der Waals surface area contributed by atoms with E-state index in [0.29, 0.717) is 11.9 Å². The highest BCUT2D eigenvalue weighted by Gasteiger charge is 2.49. The molecule has 3 saturated heterocycles. The third-order valence-corrected chi connectivity index (χ3v) is 6.13. The highest BCUT2D eigenvalue weighted by atomic mass is 32.2. The fourth-order valence-corrected chi connectivity index (χ4v) is 4.61. The first-order valence-electron chi connectivity index (χ1n) is 7.56. The summed E-state index contributed by atoms with van der Waals surface area (Å²) in [5.41, 5.74) is -0.303. The zero-order valence-corrected chi connectivity index (χ0v) is 12.9. The van der Waals surface area contributed by atoms with E-state index in [1.807, 2.05) is 0 Å². The van der Waals surface area contributed by atoms with Crippen LogP contribution in [0.4, 0.5) is 0 Å². The summed E-state index contributed by atoms with van der Waals surface area (Å²) in [7, 11) is 0. The lowest BCUT2D eigenvalue weighted by Gasteiger charge is -2.35. The summed E-state index contributed by atoms with van der Waals surface area (Å²) in [6.45, 7) is 6.50. The van der Waals surface area contributed by atoms with Gasteiger partial charge >= 0.3 is 0 Å². The van der Waals surface area contributed by atoms with E-state index in [2.05, 4.69) is 11.8 Å². The van der Waals surface area contributed by atoms with Gasteiger partial charge in [-0.3, -0.25) is 14.6 Å². The fraction of sp³-hybridized carbons (Fsp3) is 0.929. The van der Waals surface area contributed by atoms with E-state index in [0.717, 1.165) is 39.1 Å². The Bertz CT molecular complexity index is 351. The largest absolute Gasteiger partial charge is 0.380 e. The van der Waals surface area contributed by atoms with Gasteiger partial charge in [0.05, 0.1) is 24.1 Å². The van der Waals surface area contributed by atoms with Gasteiger partial charge in [0, 0.05) is 13.0 Å². The number of likely N-dealkylation sites (tertiary alicyclic amines) is 1. The van der Waals surface area contributed by atoms with E-state index in [1.54, 1.807) is 16.7 Å². The third-order valence-electron chi connectivity index (χ3n) is 4.56. The van der Waals surface area contributed by atoms with Gasteiger partial charge in [0.2, 0.25) is 6.41 Å². The Kier molecular flexibility index (Phi) is 4.55. The molecule has 0 N–H and O–H groups in total. The van der Waals surface area contributed by atoms with Crippen molar-refractivity contribution in [2.45, 2.75) is 49.0 Å². The summed E-state index contributed by atoms with van der Waals surface area (Å²) in [4.78, 5) is 15.6. The Morgan fingerprint density at radius 2 is 2.20 bits per heavy atom. The number of thioether (sulfide) groups is 1. The Hall–Kier alpha value is -0.300. The predicted octanol–water partition coefficient (Wildman–Crippen LogP) is 1.48. The van der Waals surface area contributed by atoms with Gasteiger partial charge in [-0.15, -0.1) is 0 Å². The van der Waals surface area contributed by atoms with E-state index in [1.165, 1.54) is 19.3 Å². The second kappa shape index (κ2) is 6.22. The number of piperidine rings is 1. The highest BCUT2D eigenvalue weighted by molar-refractivity contribution is 8.00. The third kappa shape index (κ3) is 2.98. The monoisotopic (exact) mass is 300 g/mol. The van der Waals surface area contributed by atoms with Crippen molar-refractivity contribution in [3.05, 3.63) is 0 Å². The molecule has 20 heavy (non-hydrogen) atoms.